The number of hydrogen-bond donors (Lipinski definition) is 0. The van der Waals surface area contributed by atoms with Gasteiger partial charge < -0.3 is 18.6 Å². The van der Waals surface area contributed by atoms with Gasteiger partial charge in [-0.05, 0) is 49.2 Å². The first-order valence-electron chi connectivity index (χ1n) is 8.54. The largest absolute Gasteiger partial charge is 0.490 e. The van der Waals surface area contributed by atoms with Crippen molar-refractivity contribution in [3.8, 4) is 11.5 Å². The number of fused-ring (bicyclic) bond motifs is 1. The summed E-state index contributed by atoms with van der Waals surface area (Å²) in [7, 11) is 0. The van der Waals surface area contributed by atoms with Crippen LogP contribution in [-0.2, 0) is 9.53 Å². The molecule has 3 rings (SSSR count). The Bertz CT molecular complexity index is 1000. The Labute approximate surface area is 156 Å². The summed E-state index contributed by atoms with van der Waals surface area (Å²) in [6.07, 6.45) is 0. The zero-order valence-electron chi connectivity index (χ0n) is 15.2. The minimum atomic E-state index is -0.506. The molecule has 2 aromatic carbocycles. The van der Waals surface area contributed by atoms with Gasteiger partial charge in [-0.15, -0.1) is 0 Å². The van der Waals surface area contributed by atoms with Gasteiger partial charge in [0, 0.05) is 17.5 Å². The molecule has 6 heteroatoms. The Hall–Kier alpha value is -3.28. The third-order valence-electron chi connectivity index (χ3n) is 3.88. The molecular formula is C21H20O6. The van der Waals surface area contributed by atoms with E-state index in [0.29, 0.717) is 11.3 Å². The second-order valence-electron chi connectivity index (χ2n) is 6.08. The molecule has 1 heterocycles. The lowest BCUT2D eigenvalue weighted by Crippen LogP contribution is -2.18. The number of benzene rings is 2. The van der Waals surface area contributed by atoms with Gasteiger partial charge in [-0.3, -0.25) is 0 Å². The van der Waals surface area contributed by atoms with Crippen molar-refractivity contribution in [2.45, 2.75) is 13.8 Å². The molecule has 0 aliphatic heterocycles. The zero-order chi connectivity index (χ0) is 19.2. The van der Waals surface area contributed by atoms with Crippen molar-refractivity contribution >= 4 is 16.9 Å². The number of ether oxygens (including phenoxy) is 3. The molecule has 0 radical (unpaired) electrons. The highest BCUT2D eigenvalue weighted by Gasteiger charge is 2.07. The van der Waals surface area contributed by atoms with Crippen LogP contribution >= 0.6 is 0 Å². The van der Waals surface area contributed by atoms with Gasteiger partial charge in [0.2, 0.25) is 0 Å². The molecule has 0 aliphatic rings. The molecule has 0 N–H and O–H groups in total. The van der Waals surface area contributed by atoms with Gasteiger partial charge >= 0.3 is 11.6 Å². The minimum absolute atomic E-state index is 0.127. The maximum absolute atomic E-state index is 11.8. The van der Waals surface area contributed by atoms with Crippen LogP contribution in [-0.4, -0.2) is 25.8 Å². The lowest BCUT2D eigenvalue weighted by Gasteiger charge is -2.09. The number of hydrogen-bond acceptors (Lipinski definition) is 6. The number of esters is 1. The second-order valence-corrected chi connectivity index (χ2v) is 6.08. The summed E-state index contributed by atoms with van der Waals surface area (Å²) in [5.41, 5.74) is 1.91. The van der Waals surface area contributed by atoms with Crippen LogP contribution in [0.3, 0.4) is 0 Å². The maximum Gasteiger partial charge on any atom is 0.344 e. The standard InChI is InChI=1S/C21H20O6/c1-14-4-3-5-16(10-14)24-8-9-25-21(23)13-26-17-6-7-18-15(2)11-20(22)27-19(18)12-17/h3-7,10-12H,8-9,13H2,1-2H3. The smallest absolute Gasteiger partial charge is 0.344 e. The molecule has 1 aromatic heterocycles. The van der Waals surface area contributed by atoms with E-state index in [-0.39, 0.29) is 19.8 Å². The van der Waals surface area contributed by atoms with Crippen molar-refractivity contribution in [2.24, 2.45) is 0 Å². The molecule has 27 heavy (non-hydrogen) atoms. The zero-order valence-corrected chi connectivity index (χ0v) is 15.2. The van der Waals surface area contributed by atoms with E-state index in [4.69, 9.17) is 18.6 Å². The fraction of sp³-hybridized carbons (Fsp3) is 0.238. The number of rotatable bonds is 7. The third-order valence-corrected chi connectivity index (χ3v) is 3.88. The van der Waals surface area contributed by atoms with Crippen molar-refractivity contribution in [3.63, 3.8) is 0 Å². The molecule has 140 valence electrons. The fourth-order valence-corrected chi connectivity index (χ4v) is 2.60. The Morgan fingerprint density at radius 2 is 1.78 bits per heavy atom. The highest BCUT2D eigenvalue weighted by Crippen LogP contribution is 2.22. The van der Waals surface area contributed by atoms with Gasteiger partial charge in [0.1, 0.15) is 30.3 Å². The average Bonchev–Trinajstić information content (AvgIpc) is 2.63. The lowest BCUT2D eigenvalue weighted by atomic mass is 10.1. The Kier molecular flexibility index (Phi) is 5.76. The summed E-state index contributed by atoms with van der Waals surface area (Å²) in [6, 6.07) is 14.1. The van der Waals surface area contributed by atoms with Gasteiger partial charge in [-0.2, -0.15) is 0 Å². The first kappa shape index (κ1) is 18.5. The predicted octanol–water partition coefficient (Wildman–Crippen LogP) is 3.41. The highest BCUT2D eigenvalue weighted by molar-refractivity contribution is 5.81. The highest BCUT2D eigenvalue weighted by atomic mass is 16.6. The SMILES string of the molecule is Cc1cccc(OCCOC(=O)COc2ccc3c(C)cc(=O)oc3c2)c1. The summed E-state index contributed by atoms with van der Waals surface area (Å²) >= 11 is 0. The van der Waals surface area contributed by atoms with E-state index in [1.165, 1.54) is 6.07 Å². The van der Waals surface area contributed by atoms with Crippen molar-refractivity contribution < 1.29 is 23.4 Å². The van der Waals surface area contributed by atoms with Crippen LogP contribution in [0.4, 0.5) is 0 Å². The normalized spacial score (nSPS) is 10.6. The molecule has 3 aromatic rings. The van der Waals surface area contributed by atoms with Crippen LogP contribution < -0.4 is 15.1 Å². The molecule has 0 aliphatic carbocycles. The first-order valence-corrected chi connectivity index (χ1v) is 8.54. The van der Waals surface area contributed by atoms with Gasteiger partial charge in [0.05, 0.1) is 0 Å². The first-order chi connectivity index (χ1) is 13.0. The van der Waals surface area contributed by atoms with Crippen molar-refractivity contribution in [2.75, 3.05) is 19.8 Å². The number of aryl methyl sites for hydroxylation is 2. The molecule has 0 atom stereocenters. The Morgan fingerprint density at radius 3 is 2.59 bits per heavy atom. The van der Waals surface area contributed by atoms with E-state index >= 15 is 0 Å². The topological polar surface area (TPSA) is 75.0 Å². The quantitative estimate of drug-likeness (QED) is 0.361. The van der Waals surface area contributed by atoms with E-state index in [1.807, 2.05) is 38.1 Å². The van der Waals surface area contributed by atoms with E-state index in [0.717, 1.165) is 22.3 Å². The summed E-state index contributed by atoms with van der Waals surface area (Å²) in [4.78, 5) is 23.2. The van der Waals surface area contributed by atoms with Gasteiger partial charge in [-0.1, -0.05) is 12.1 Å². The Morgan fingerprint density at radius 1 is 0.963 bits per heavy atom. The van der Waals surface area contributed by atoms with Crippen molar-refractivity contribution in [1.82, 2.24) is 0 Å². The number of carbonyl (C=O) groups is 1. The molecule has 6 nitrogen and oxygen atoms in total. The van der Waals surface area contributed by atoms with E-state index in [2.05, 4.69) is 0 Å². The van der Waals surface area contributed by atoms with Gasteiger partial charge in [-0.25, -0.2) is 9.59 Å². The van der Waals surface area contributed by atoms with Gasteiger partial charge in [0.25, 0.3) is 0 Å². The van der Waals surface area contributed by atoms with Gasteiger partial charge in [0.15, 0.2) is 6.61 Å². The van der Waals surface area contributed by atoms with Crippen LogP contribution in [0.5, 0.6) is 11.5 Å². The predicted molar refractivity (Wildman–Crippen MR) is 100 cm³/mol. The van der Waals surface area contributed by atoms with Crippen molar-refractivity contribution in [3.05, 3.63) is 70.1 Å². The van der Waals surface area contributed by atoms with Crippen LogP contribution in [0.15, 0.2) is 57.7 Å². The maximum atomic E-state index is 11.8. The van der Waals surface area contributed by atoms with Crippen LogP contribution in [0.2, 0.25) is 0 Å². The van der Waals surface area contributed by atoms with Crippen LogP contribution in [0, 0.1) is 13.8 Å². The summed E-state index contributed by atoms with van der Waals surface area (Å²) < 4.78 is 21.2. The average molecular weight is 368 g/mol. The third kappa shape index (κ3) is 5.10. The molecule has 0 saturated heterocycles. The van der Waals surface area contributed by atoms with E-state index in [9.17, 15) is 9.59 Å². The molecular weight excluding hydrogens is 348 g/mol. The molecule has 0 fully saturated rings. The molecule has 0 amide bonds. The molecule has 0 bridgehead atoms. The lowest BCUT2D eigenvalue weighted by molar-refractivity contribution is -0.146. The van der Waals surface area contributed by atoms with E-state index < -0.39 is 11.6 Å². The molecule has 0 saturated carbocycles. The summed E-state index contributed by atoms with van der Waals surface area (Å²) in [6.45, 7) is 3.95. The second kappa shape index (κ2) is 8.40. The van der Waals surface area contributed by atoms with Crippen molar-refractivity contribution in [1.29, 1.82) is 0 Å². The minimum Gasteiger partial charge on any atom is -0.490 e. The van der Waals surface area contributed by atoms with Crippen LogP contribution in [0.1, 0.15) is 11.1 Å². The summed E-state index contributed by atoms with van der Waals surface area (Å²) in [5, 5.41) is 0.817. The van der Waals surface area contributed by atoms with E-state index in [1.54, 1.807) is 18.2 Å². The summed E-state index contributed by atoms with van der Waals surface area (Å²) in [5.74, 6) is 0.646. The fourth-order valence-electron chi connectivity index (χ4n) is 2.60. The Balaban J connectivity index is 1.46. The monoisotopic (exact) mass is 368 g/mol. The number of carbonyl (C=O) groups excluding carboxylic acids is 1. The molecule has 0 spiro atoms. The van der Waals surface area contributed by atoms with Crippen LogP contribution in [0.25, 0.3) is 11.0 Å². The molecule has 0 unspecified atom stereocenters.